The summed E-state index contributed by atoms with van der Waals surface area (Å²) in [5.74, 6) is 2.16. The lowest BCUT2D eigenvalue weighted by Gasteiger charge is -2.30. The van der Waals surface area contributed by atoms with E-state index in [9.17, 15) is 0 Å². The van der Waals surface area contributed by atoms with Crippen LogP contribution >= 0.6 is 0 Å². The van der Waals surface area contributed by atoms with E-state index in [0.717, 1.165) is 12.5 Å². The maximum absolute atomic E-state index is 6.15. The lowest BCUT2D eigenvalue weighted by molar-refractivity contribution is 0.378. The van der Waals surface area contributed by atoms with E-state index < -0.39 is 8.32 Å². The lowest BCUT2D eigenvalue weighted by atomic mass is 9.36. The van der Waals surface area contributed by atoms with Gasteiger partial charge in [-0.2, -0.15) is 0 Å². The zero-order chi connectivity index (χ0) is 12.2. The van der Waals surface area contributed by atoms with Crippen molar-refractivity contribution in [2.75, 3.05) is 0 Å². The first-order chi connectivity index (χ1) is 7.46. The van der Waals surface area contributed by atoms with Gasteiger partial charge in [-0.15, -0.1) is 0 Å². The molecule has 1 atom stereocenters. The molecule has 16 heavy (non-hydrogen) atoms. The van der Waals surface area contributed by atoms with Crippen molar-refractivity contribution in [3.63, 3.8) is 0 Å². The highest BCUT2D eigenvalue weighted by molar-refractivity contribution is 6.70. The van der Waals surface area contributed by atoms with E-state index in [1.807, 2.05) is 0 Å². The zero-order valence-corrected chi connectivity index (χ0v) is 12.7. The van der Waals surface area contributed by atoms with Gasteiger partial charge in [0.2, 0.25) is 8.32 Å². The SMILES string of the molecule is CCB(CC)C1CCC=C(O[Si](C)(C)C)C1. The third kappa shape index (κ3) is 4.36. The maximum atomic E-state index is 6.15. The second kappa shape index (κ2) is 5.95. The minimum atomic E-state index is -1.40. The molecule has 0 amide bonds. The Kier molecular flexibility index (Phi) is 5.16. The molecule has 0 spiro atoms. The molecule has 0 heterocycles. The third-order valence-corrected chi connectivity index (χ3v) is 4.40. The predicted octanol–water partition coefficient (Wildman–Crippen LogP) is 4.81. The van der Waals surface area contributed by atoms with E-state index in [1.54, 1.807) is 0 Å². The highest BCUT2D eigenvalue weighted by Crippen LogP contribution is 2.35. The van der Waals surface area contributed by atoms with Crippen LogP contribution in [-0.2, 0) is 4.43 Å². The van der Waals surface area contributed by atoms with E-state index in [1.165, 1.54) is 37.7 Å². The zero-order valence-electron chi connectivity index (χ0n) is 11.7. The average molecular weight is 238 g/mol. The van der Waals surface area contributed by atoms with Crippen molar-refractivity contribution in [2.24, 2.45) is 0 Å². The van der Waals surface area contributed by atoms with Crippen LogP contribution in [0.25, 0.3) is 0 Å². The van der Waals surface area contributed by atoms with Gasteiger partial charge in [0.05, 0.1) is 5.76 Å². The number of hydrogen-bond donors (Lipinski definition) is 0. The average Bonchev–Trinajstić information content (AvgIpc) is 2.17. The van der Waals surface area contributed by atoms with E-state index in [0.29, 0.717) is 0 Å². The number of allylic oxidation sites excluding steroid dienone is 2. The van der Waals surface area contributed by atoms with Gasteiger partial charge >= 0.3 is 0 Å². The molecule has 0 aromatic carbocycles. The Morgan fingerprint density at radius 1 is 1.31 bits per heavy atom. The van der Waals surface area contributed by atoms with Crippen LogP contribution in [0.15, 0.2) is 11.8 Å². The Labute approximate surface area is 103 Å². The van der Waals surface area contributed by atoms with Crippen molar-refractivity contribution in [2.45, 2.75) is 71.2 Å². The molecule has 92 valence electrons. The first kappa shape index (κ1) is 13.9. The Morgan fingerprint density at radius 3 is 2.44 bits per heavy atom. The molecule has 0 saturated heterocycles. The van der Waals surface area contributed by atoms with E-state index in [-0.39, 0.29) is 0 Å². The monoisotopic (exact) mass is 238 g/mol. The maximum Gasteiger partial charge on any atom is 0.241 e. The van der Waals surface area contributed by atoms with E-state index in [4.69, 9.17) is 4.43 Å². The molecule has 1 aliphatic rings. The van der Waals surface area contributed by atoms with Crippen LogP contribution in [0, 0.1) is 0 Å². The molecule has 1 unspecified atom stereocenters. The molecule has 0 aromatic rings. The molecule has 0 fully saturated rings. The summed E-state index contributed by atoms with van der Waals surface area (Å²) in [6.45, 7) is 12.4. The van der Waals surface area contributed by atoms with Gasteiger partial charge in [-0.05, 0) is 38.6 Å². The van der Waals surface area contributed by atoms with Crippen LogP contribution in [0.2, 0.25) is 38.1 Å². The highest BCUT2D eigenvalue weighted by Gasteiger charge is 2.27. The van der Waals surface area contributed by atoms with Gasteiger partial charge in [-0.25, -0.2) is 0 Å². The number of rotatable bonds is 5. The summed E-state index contributed by atoms with van der Waals surface area (Å²) < 4.78 is 6.15. The Morgan fingerprint density at radius 2 is 1.94 bits per heavy atom. The quantitative estimate of drug-likeness (QED) is 0.624. The molecule has 0 bridgehead atoms. The van der Waals surface area contributed by atoms with Crippen LogP contribution in [0.3, 0.4) is 0 Å². The van der Waals surface area contributed by atoms with E-state index in [2.05, 4.69) is 39.6 Å². The summed E-state index contributed by atoms with van der Waals surface area (Å²) in [5, 5.41) is 0. The van der Waals surface area contributed by atoms with Gasteiger partial charge in [-0.3, -0.25) is 0 Å². The summed E-state index contributed by atoms with van der Waals surface area (Å²) in [4.78, 5) is 0. The molecule has 1 rings (SSSR count). The first-order valence-electron chi connectivity index (χ1n) is 6.84. The van der Waals surface area contributed by atoms with Crippen LogP contribution in [0.4, 0.5) is 0 Å². The molecule has 1 aliphatic carbocycles. The second-order valence-electron chi connectivity index (χ2n) is 6.00. The normalized spacial score (nSPS) is 21.6. The Hall–Kier alpha value is -0.178. The minimum absolute atomic E-state index is 0.867. The summed E-state index contributed by atoms with van der Waals surface area (Å²) in [6.07, 6.45) is 8.75. The second-order valence-corrected chi connectivity index (χ2v) is 10.4. The smallest absolute Gasteiger partial charge is 0.241 e. The van der Waals surface area contributed by atoms with Gasteiger partial charge < -0.3 is 4.43 Å². The Bertz CT molecular complexity index is 241. The van der Waals surface area contributed by atoms with Crippen LogP contribution in [-0.4, -0.2) is 15.0 Å². The molecular formula is C13H27BOSi. The molecule has 1 nitrogen and oxygen atoms in total. The fourth-order valence-corrected chi connectivity index (χ4v) is 3.69. The van der Waals surface area contributed by atoms with Gasteiger partial charge in [-0.1, -0.05) is 38.7 Å². The van der Waals surface area contributed by atoms with Gasteiger partial charge in [0.25, 0.3) is 0 Å². The van der Waals surface area contributed by atoms with Crippen molar-refractivity contribution in [1.29, 1.82) is 0 Å². The fourth-order valence-electron chi connectivity index (χ4n) is 2.74. The fraction of sp³-hybridized carbons (Fsp3) is 0.846. The topological polar surface area (TPSA) is 9.23 Å². The predicted molar refractivity (Wildman–Crippen MR) is 76.8 cm³/mol. The summed E-state index contributed by atoms with van der Waals surface area (Å²) in [7, 11) is -1.40. The molecule has 0 N–H and O–H groups in total. The molecule has 0 aliphatic heterocycles. The van der Waals surface area contributed by atoms with Crippen LogP contribution in [0.5, 0.6) is 0 Å². The van der Waals surface area contributed by atoms with Crippen molar-refractivity contribution in [1.82, 2.24) is 0 Å². The van der Waals surface area contributed by atoms with Crippen molar-refractivity contribution in [3.05, 3.63) is 11.8 Å². The lowest BCUT2D eigenvalue weighted by Crippen LogP contribution is -2.28. The van der Waals surface area contributed by atoms with Crippen molar-refractivity contribution in [3.8, 4) is 0 Å². The first-order valence-corrected chi connectivity index (χ1v) is 10.2. The molecular weight excluding hydrogens is 211 g/mol. The molecule has 0 radical (unpaired) electrons. The van der Waals surface area contributed by atoms with Crippen LogP contribution in [0.1, 0.15) is 33.1 Å². The van der Waals surface area contributed by atoms with Gasteiger partial charge in [0.1, 0.15) is 6.71 Å². The molecule has 0 saturated carbocycles. The largest absolute Gasteiger partial charge is 0.548 e. The highest BCUT2D eigenvalue weighted by atomic mass is 28.4. The summed E-state index contributed by atoms with van der Waals surface area (Å²) >= 11 is 0. The third-order valence-electron chi connectivity index (χ3n) is 3.53. The van der Waals surface area contributed by atoms with Gasteiger partial charge in [0, 0.05) is 0 Å². The molecule has 3 heteroatoms. The summed E-state index contributed by atoms with van der Waals surface area (Å²) in [6, 6.07) is 0. The van der Waals surface area contributed by atoms with Gasteiger partial charge in [0.15, 0.2) is 0 Å². The standard InChI is InChI=1S/C13H27BOSi/c1-6-14(7-2)12-9-8-10-13(11-12)15-16(3,4)5/h10,12H,6-9,11H2,1-5H3. The van der Waals surface area contributed by atoms with Crippen LogP contribution < -0.4 is 0 Å². The number of hydrogen-bond acceptors (Lipinski definition) is 1. The summed E-state index contributed by atoms with van der Waals surface area (Å²) in [5.41, 5.74) is 0. The minimum Gasteiger partial charge on any atom is -0.548 e. The molecule has 0 aromatic heterocycles. The van der Waals surface area contributed by atoms with E-state index >= 15 is 0 Å². The Balaban J connectivity index is 2.55. The van der Waals surface area contributed by atoms with Crippen molar-refractivity contribution < 1.29 is 4.43 Å². The van der Waals surface area contributed by atoms with Crippen molar-refractivity contribution >= 4 is 15.0 Å².